The van der Waals surface area contributed by atoms with Gasteiger partial charge in [-0.25, -0.2) is 8.42 Å². The first-order chi connectivity index (χ1) is 17.4. The molecule has 0 aliphatic rings. The molecule has 0 aliphatic heterocycles. The topological polar surface area (TPSA) is 74.7 Å². The summed E-state index contributed by atoms with van der Waals surface area (Å²) in [6.07, 6.45) is -9.25. The number of nitrogens with zero attached hydrogens (tertiary/aromatic N) is 1. The highest BCUT2D eigenvalue weighted by molar-refractivity contribution is 7.90. The Morgan fingerprint density at radius 2 is 0.950 bits per heavy atom. The van der Waals surface area contributed by atoms with E-state index in [1.807, 2.05) is 0 Å². The van der Waals surface area contributed by atoms with Crippen LogP contribution < -0.4 is 0 Å². The number of hydrogen-bond donors (Lipinski definition) is 1. The maximum Gasteiger partial charge on any atom is 0.460 e. The predicted molar refractivity (Wildman–Crippen MR) is 97.6 cm³/mol. The number of hydrogen-bond acceptors (Lipinski definition) is 3. The number of sulfonamides is 1. The molecule has 0 aromatic heterocycles. The van der Waals surface area contributed by atoms with E-state index in [9.17, 15) is 87.8 Å². The molecule has 0 aromatic carbocycles. The second-order valence-electron chi connectivity index (χ2n) is 8.02. The van der Waals surface area contributed by atoms with Crippen molar-refractivity contribution < 1.29 is 93.0 Å². The van der Waals surface area contributed by atoms with Crippen molar-refractivity contribution in [1.82, 2.24) is 4.31 Å². The van der Waals surface area contributed by atoms with E-state index in [1.54, 1.807) is 0 Å². The number of carboxylic acid groups (broad SMARTS) is 1. The van der Waals surface area contributed by atoms with Crippen LogP contribution in [0, 0.1) is 0 Å². The molecule has 0 saturated heterocycles. The van der Waals surface area contributed by atoms with E-state index in [-0.39, 0.29) is 19.3 Å². The molecule has 0 fully saturated rings. The van der Waals surface area contributed by atoms with E-state index in [0.717, 1.165) is 0 Å². The zero-order valence-corrected chi connectivity index (χ0v) is 20.2. The fourth-order valence-corrected chi connectivity index (χ4v) is 4.33. The van der Waals surface area contributed by atoms with Crippen LogP contribution in [0.25, 0.3) is 0 Å². The Morgan fingerprint density at radius 1 is 0.600 bits per heavy atom. The van der Waals surface area contributed by atoms with Crippen LogP contribution in [-0.2, 0) is 14.8 Å². The van der Waals surface area contributed by atoms with E-state index >= 15 is 0 Å². The van der Waals surface area contributed by atoms with Crippen LogP contribution in [0.15, 0.2) is 0 Å². The van der Waals surface area contributed by atoms with Gasteiger partial charge in [0, 0.05) is 19.5 Å². The van der Waals surface area contributed by atoms with Gasteiger partial charge in [0.05, 0.1) is 0 Å². The van der Waals surface area contributed by atoms with Gasteiger partial charge in [-0.05, 0) is 12.8 Å². The molecule has 1 N–H and O–H groups in total. The van der Waals surface area contributed by atoms with Gasteiger partial charge in [0.15, 0.2) is 0 Å². The van der Waals surface area contributed by atoms with Crippen LogP contribution in [0.5, 0.6) is 0 Å². The Kier molecular flexibility index (Phi) is 10.9. The first-order valence-corrected chi connectivity index (χ1v) is 11.7. The van der Waals surface area contributed by atoms with Crippen molar-refractivity contribution >= 4 is 16.0 Å². The molecule has 0 aliphatic carbocycles. The Morgan fingerprint density at radius 3 is 1.30 bits per heavy atom. The third kappa shape index (κ3) is 5.90. The molecular weight excluding hydrogens is 637 g/mol. The zero-order valence-electron chi connectivity index (χ0n) is 19.4. The number of carboxylic acids is 1. The Balaban J connectivity index is 6.50. The fraction of sp³-hybridized carbons (Fsp3) is 0.941. The summed E-state index contributed by atoms with van der Waals surface area (Å²) in [5.74, 6) is -53.1. The van der Waals surface area contributed by atoms with Gasteiger partial charge in [-0.1, -0.05) is 19.8 Å². The maximum absolute atomic E-state index is 14.3. The van der Waals surface area contributed by atoms with Crippen LogP contribution >= 0.6 is 0 Å². The highest BCUT2D eigenvalue weighted by atomic mass is 32.2. The highest BCUT2D eigenvalue weighted by Gasteiger charge is 2.96. The van der Waals surface area contributed by atoms with E-state index < -0.39 is 93.2 Å². The minimum absolute atomic E-state index is 0.0490. The molecule has 0 amide bonds. The summed E-state index contributed by atoms with van der Waals surface area (Å²) < 4.78 is 251. The first-order valence-electron chi connectivity index (χ1n) is 10.3. The summed E-state index contributed by atoms with van der Waals surface area (Å²) >= 11 is 0. The summed E-state index contributed by atoms with van der Waals surface area (Å²) in [7, 11) is -7.31. The molecule has 0 rings (SSSR count). The molecular formula is C17H18F17NO4S. The molecule has 0 unspecified atom stereocenters. The number of aliphatic carboxylic acids is 1. The van der Waals surface area contributed by atoms with Crippen molar-refractivity contribution in [2.45, 2.75) is 86.0 Å². The van der Waals surface area contributed by atoms with Gasteiger partial charge in [0.1, 0.15) is 0 Å². The molecule has 0 bridgehead atoms. The molecule has 40 heavy (non-hydrogen) atoms. The van der Waals surface area contributed by atoms with Gasteiger partial charge in [0.2, 0.25) is 0 Å². The normalized spacial score (nSPS) is 15.6. The molecule has 5 nitrogen and oxygen atoms in total. The molecule has 0 aromatic rings. The Labute approximate surface area is 213 Å². The summed E-state index contributed by atoms with van der Waals surface area (Å²) in [5.41, 5.74) is 0. The Bertz CT molecular complexity index is 994. The maximum atomic E-state index is 14.3. The number of alkyl halides is 17. The standard InChI is InChI=1S/C17H18F17NO4S/c1-2-35(8-6-4-3-5-7-9(36)37)40(38,39)17(33,34)15(28,29)13(24,25)11(20,21)10(18,19)12(22,23)14(26,27)16(30,31)32/h2-8H2,1H3,(H,36,37). The van der Waals surface area contributed by atoms with Gasteiger partial charge in [-0.15, -0.1) is 0 Å². The Hall–Kier alpha value is -1.81. The average Bonchev–Trinajstić information content (AvgIpc) is 2.76. The SMILES string of the molecule is CCN(CCCCCCC(=O)O)S(=O)(=O)C(F)(F)C(F)(F)C(F)(F)C(F)(F)C(F)(F)C(F)(F)C(F)(F)C(F)(F)F. The molecule has 0 spiro atoms. The van der Waals surface area contributed by atoms with Crippen molar-refractivity contribution in [3.05, 3.63) is 0 Å². The van der Waals surface area contributed by atoms with Crippen LogP contribution in [0.4, 0.5) is 74.6 Å². The van der Waals surface area contributed by atoms with Crippen molar-refractivity contribution in [3.8, 4) is 0 Å². The van der Waals surface area contributed by atoms with E-state index in [0.29, 0.717) is 6.92 Å². The second-order valence-corrected chi connectivity index (χ2v) is 9.99. The molecule has 0 saturated carbocycles. The number of unbranched alkanes of at least 4 members (excludes halogenated alkanes) is 3. The third-order valence-corrected chi connectivity index (χ3v) is 7.28. The van der Waals surface area contributed by atoms with E-state index in [4.69, 9.17) is 5.11 Å². The number of halogens is 17. The lowest BCUT2D eigenvalue weighted by Gasteiger charge is -2.43. The zero-order chi connectivity index (χ0) is 32.6. The quantitative estimate of drug-likeness (QED) is 0.150. The summed E-state index contributed by atoms with van der Waals surface area (Å²) in [4.78, 5) is 10.4. The first kappa shape index (κ1) is 38.2. The lowest BCUT2D eigenvalue weighted by molar-refractivity contribution is -0.458. The summed E-state index contributed by atoms with van der Waals surface area (Å²) in [5, 5.41) is 0.850. The van der Waals surface area contributed by atoms with Gasteiger partial charge in [-0.3, -0.25) is 4.79 Å². The fourth-order valence-electron chi connectivity index (χ4n) is 2.84. The third-order valence-electron chi connectivity index (χ3n) is 5.26. The average molecular weight is 655 g/mol. The molecule has 0 heterocycles. The summed E-state index contributed by atoms with van der Waals surface area (Å²) in [6, 6.07) is 0. The van der Waals surface area contributed by atoms with Gasteiger partial charge < -0.3 is 5.11 Å². The van der Waals surface area contributed by atoms with E-state index in [2.05, 4.69) is 0 Å². The monoisotopic (exact) mass is 655 g/mol. The number of rotatable bonds is 16. The van der Waals surface area contributed by atoms with Crippen LogP contribution in [0.2, 0.25) is 0 Å². The van der Waals surface area contributed by atoms with Crippen molar-refractivity contribution in [2.24, 2.45) is 0 Å². The smallest absolute Gasteiger partial charge is 0.460 e. The van der Waals surface area contributed by atoms with Gasteiger partial charge in [-0.2, -0.15) is 78.9 Å². The lowest BCUT2D eigenvalue weighted by Crippen LogP contribution is -2.75. The van der Waals surface area contributed by atoms with Crippen molar-refractivity contribution in [3.63, 3.8) is 0 Å². The van der Waals surface area contributed by atoms with Crippen molar-refractivity contribution in [2.75, 3.05) is 13.1 Å². The molecule has 0 radical (unpaired) electrons. The van der Waals surface area contributed by atoms with Gasteiger partial charge in [0.25, 0.3) is 10.0 Å². The van der Waals surface area contributed by atoms with Gasteiger partial charge >= 0.3 is 52.9 Å². The van der Waals surface area contributed by atoms with Crippen LogP contribution in [0.1, 0.15) is 39.0 Å². The second kappa shape index (κ2) is 11.5. The lowest BCUT2D eigenvalue weighted by atomic mass is 9.91. The number of carbonyl (C=O) groups is 1. The minimum Gasteiger partial charge on any atom is -0.481 e. The molecule has 23 heteroatoms. The largest absolute Gasteiger partial charge is 0.481 e. The molecule has 0 atom stereocenters. The minimum atomic E-state index is -8.87. The molecule has 240 valence electrons. The van der Waals surface area contributed by atoms with Crippen LogP contribution in [-0.4, -0.2) is 83.9 Å². The summed E-state index contributed by atoms with van der Waals surface area (Å²) in [6.45, 7) is -1.99. The predicted octanol–water partition coefficient (Wildman–Crippen LogP) is 6.64. The highest BCUT2D eigenvalue weighted by Crippen LogP contribution is 2.64. The van der Waals surface area contributed by atoms with Crippen molar-refractivity contribution in [1.29, 1.82) is 0 Å². The van der Waals surface area contributed by atoms with E-state index in [1.165, 1.54) is 0 Å². The van der Waals surface area contributed by atoms with Crippen LogP contribution in [0.3, 0.4) is 0 Å².